The smallest absolute Gasteiger partial charge is 0.0629 e. The van der Waals surface area contributed by atoms with Crippen LogP contribution in [0.4, 0.5) is 17.1 Å². The molecule has 39 heavy (non-hydrogen) atoms. The second-order valence-corrected chi connectivity index (χ2v) is 10.3. The van der Waals surface area contributed by atoms with Gasteiger partial charge in [0.25, 0.3) is 0 Å². The first-order valence-corrected chi connectivity index (χ1v) is 13.6. The molecule has 0 saturated heterocycles. The first kappa shape index (κ1) is 19.9. The minimum atomic E-state index is -0.420. The average molecular weight is 592 g/mol. The molecule has 0 aliphatic rings. The van der Waals surface area contributed by atoms with Crippen LogP contribution in [0.2, 0.25) is 5.02 Å². The predicted octanol–water partition coefficient (Wildman–Crippen LogP) is 11.6. The summed E-state index contributed by atoms with van der Waals surface area (Å²) in [5, 5.41) is 0.545. The third-order valence-electron chi connectivity index (χ3n) is 6.43. The fourth-order valence-corrected chi connectivity index (χ4v) is 5.52. The zero-order chi connectivity index (χ0) is 31.0. The van der Waals surface area contributed by atoms with Gasteiger partial charge >= 0.3 is 0 Å². The standard InChI is InChI=1S/C36H25BrClN/c37-31-23-32(38)25-34(24-31)39(33-18-10-17-29(21-33)26-11-4-1-5-12-26)36-20-19-30(27-13-6-2-7-14-27)22-35(36)28-15-8-3-9-16-28/h1-25H/i1D,4D,5D,11D,12D. The molecule has 0 radical (unpaired) electrons. The van der Waals surface area contributed by atoms with E-state index in [-0.39, 0.29) is 29.7 Å². The van der Waals surface area contributed by atoms with Crippen LogP contribution < -0.4 is 4.90 Å². The molecule has 0 bridgehead atoms. The Labute approximate surface area is 250 Å². The lowest BCUT2D eigenvalue weighted by Crippen LogP contribution is -2.11. The number of benzene rings is 6. The topological polar surface area (TPSA) is 3.24 Å². The van der Waals surface area contributed by atoms with Crippen LogP contribution in [-0.4, -0.2) is 0 Å². The number of nitrogens with zero attached hydrogens (tertiary/aromatic N) is 1. The zero-order valence-electron chi connectivity index (χ0n) is 25.8. The summed E-state index contributed by atoms with van der Waals surface area (Å²) in [6, 6.07) is 38.1. The summed E-state index contributed by atoms with van der Waals surface area (Å²) in [5.74, 6) is 0. The van der Waals surface area contributed by atoms with Crippen molar-refractivity contribution in [2.75, 3.05) is 4.90 Å². The van der Waals surface area contributed by atoms with Crippen molar-refractivity contribution in [3.05, 3.63) is 161 Å². The second kappa shape index (κ2) is 11.3. The minimum absolute atomic E-state index is 0.146. The largest absolute Gasteiger partial charge is 0.310 e. The van der Waals surface area contributed by atoms with Crippen LogP contribution in [0.15, 0.2) is 156 Å². The Kier molecular flexibility index (Phi) is 5.78. The van der Waals surface area contributed by atoms with Crippen LogP contribution in [0.5, 0.6) is 0 Å². The third kappa shape index (κ3) is 5.54. The molecular formula is C36H25BrClN. The van der Waals surface area contributed by atoms with Crippen molar-refractivity contribution >= 4 is 44.6 Å². The highest BCUT2D eigenvalue weighted by molar-refractivity contribution is 9.10. The van der Waals surface area contributed by atoms with Crippen LogP contribution in [0.1, 0.15) is 6.85 Å². The summed E-state index contributed by atoms with van der Waals surface area (Å²) in [4.78, 5) is 2.08. The molecule has 0 atom stereocenters. The van der Waals surface area contributed by atoms with Crippen molar-refractivity contribution in [2.24, 2.45) is 0 Å². The van der Waals surface area contributed by atoms with E-state index in [4.69, 9.17) is 18.5 Å². The summed E-state index contributed by atoms with van der Waals surface area (Å²) in [7, 11) is 0. The third-order valence-corrected chi connectivity index (χ3v) is 7.10. The highest BCUT2D eigenvalue weighted by Gasteiger charge is 2.19. The first-order valence-electron chi connectivity index (χ1n) is 14.9. The quantitative estimate of drug-likeness (QED) is 0.186. The molecule has 3 heteroatoms. The normalized spacial score (nSPS) is 12.6. The first-order chi connectivity index (χ1) is 21.2. The SMILES string of the molecule is [2H]c1c([2H])c([2H])c(-c2cccc(N(c3cc(Cl)cc(Br)c3)c3ccc(-c4ccccc4)cc3-c3ccccc3)c2)c([2H])c1[2H]. The van der Waals surface area contributed by atoms with Crippen molar-refractivity contribution in [1.82, 2.24) is 0 Å². The molecule has 0 amide bonds. The Bertz CT molecular complexity index is 1950. The molecule has 0 heterocycles. The van der Waals surface area contributed by atoms with Crippen molar-refractivity contribution in [3.8, 4) is 33.4 Å². The number of rotatable bonds is 6. The number of halogens is 2. The number of hydrogen-bond donors (Lipinski definition) is 0. The van der Waals surface area contributed by atoms with Gasteiger partial charge in [-0.2, -0.15) is 0 Å². The van der Waals surface area contributed by atoms with Gasteiger partial charge in [-0.1, -0.05) is 137 Å². The van der Waals surface area contributed by atoms with E-state index in [0.29, 0.717) is 10.6 Å². The van der Waals surface area contributed by atoms with Gasteiger partial charge in [-0.25, -0.2) is 0 Å². The lowest BCUT2D eigenvalue weighted by atomic mass is 9.96. The molecular weight excluding hydrogens is 562 g/mol. The van der Waals surface area contributed by atoms with E-state index in [0.717, 1.165) is 43.8 Å². The van der Waals surface area contributed by atoms with E-state index in [1.165, 1.54) is 0 Å². The molecule has 0 N–H and O–H groups in total. The summed E-state index contributed by atoms with van der Waals surface area (Å²) in [6.07, 6.45) is 0. The van der Waals surface area contributed by atoms with Crippen LogP contribution >= 0.6 is 27.5 Å². The maximum atomic E-state index is 8.58. The van der Waals surface area contributed by atoms with Crippen molar-refractivity contribution in [3.63, 3.8) is 0 Å². The van der Waals surface area contributed by atoms with Gasteiger partial charge in [0.1, 0.15) is 0 Å². The predicted molar refractivity (Wildman–Crippen MR) is 170 cm³/mol. The molecule has 6 rings (SSSR count). The van der Waals surface area contributed by atoms with Gasteiger partial charge in [0.05, 0.1) is 12.5 Å². The van der Waals surface area contributed by atoms with E-state index in [1.54, 1.807) is 6.07 Å². The van der Waals surface area contributed by atoms with Crippen molar-refractivity contribution in [1.29, 1.82) is 0 Å². The minimum Gasteiger partial charge on any atom is -0.310 e. The van der Waals surface area contributed by atoms with Crippen LogP contribution in [0, 0.1) is 0 Å². The molecule has 0 fully saturated rings. The van der Waals surface area contributed by atoms with Gasteiger partial charge in [0.2, 0.25) is 0 Å². The Hall–Kier alpha value is -4.11. The molecule has 0 aliphatic carbocycles. The van der Waals surface area contributed by atoms with Crippen LogP contribution in [0.25, 0.3) is 33.4 Å². The maximum absolute atomic E-state index is 8.58. The fourth-order valence-electron chi connectivity index (χ4n) is 4.68. The van der Waals surface area contributed by atoms with Gasteiger partial charge in [-0.3, -0.25) is 0 Å². The molecule has 6 aromatic carbocycles. The average Bonchev–Trinajstić information content (AvgIpc) is 3.04. The Morgan fingerprint density at radius 3 is 1.92 bits per heavy atom. The monoisotopic (exact) mass is 590 g/mol. The van der Waals surface area contributed by atoms with Gasteiger partial charge in [-0.05, 0) is 70.3 Å². The number of anilines is 3. The van der Waals surface area contributed by atoms with Gasteiger partial charge in [-0.15, -0.1) is 0 Å². The van der Waals surface area contributed by atoms with Gasteiger partial charge < -0.3 is 4.90 Å². The lowest BCUT2D eigenvalue weighted by molar-refractivity contribution is 1.28. The van der Waals surface area contributed by atoms with E-state index in [9.17, 15) is 0 Å². The Morgan fingerprint density at radius 2 is 1.21 bits per heavy atom. The molecule has 1 nitrogen and oxygen atoms in total. The molecule has 0 aliphatic heterocycles. The van der Waals surface area contributed by atoms with E-state index in [1.807, 2.05) is 72.8 Å². The Morgan fingerprint density at radius 1 is 0.538 bits per heavy atom. The highest BCUT2D eigenvalue weighted by atomic mass is 79.9. The summed E-state index contributed by atoms with van der Waals surface area (Å²) >= 11 is 10.2. The zero-order valence-corrected chi connectivity index (χ0v) is 23.1. The fraction of sp³-hybridized carbons (Fsp3) is 0. The van der Waals surface area contributed by atoms with Crippen molar-refractivity contribution < 1.29 is 6.85 Å². The molecule has 0 aromatic heterocycles. The van der Waals surface area contributed by atoms with E-state index >= 15 is 0 Å². The summed E-state index contributed by atoms with van der Waals surface area (Å²) < 4.78 is 42.4. The second-order valence-electron chi connectivity index (χ2n) is 8.98. The number of hydrogen-bond acceptors (Lipinski definition) is 1. The van der Waals surface area contributed by atoms with E-state index < -0.39 is 6.04 Å². The highest BCUT2D eigenvalue weighted by Crippen LogP contribution is 2.44. The molecule has 0 spiro atoms. The Balaban J connectivity index is 1.62. The maximum Gasteiger partial charge on any atom is 0.0629 e. The van der Waals surface area contributed by atoms with Gasteiger partial charge in [0.15, 0.2) is 0 Å². The molecule has 0 saturated carbocycles. The summed E-state index contributed by atoms with van der Waals surface area (Å²) in [6.45, 7) is 0. The lowest BCUT2D eigenvalue weighted by Gasteiger charge is -2.29. The van der Waals surface area contributed by atoms with Crippen molar-refractivity contribution in [2.45, 2.75) is 0 Å². The molecule has 0 unspecified atom stereocenters. The molecule has 188 valence electrons. The van der Waals surface area contributed by atoms with Crippen LogP contribution in [0.3, 0.4) is 0 Å². The van der Waals surface area contributed by atoms with E-state index in [2.05, 4.69) is 63.3 Å². The molecule has 6 aromatic rings. The summed E-state index contributed by atoms with van der Waals surface area (Å²) in [5.41, 5.74) is 7.21. The van der Waals surface area contributed by atoms with Gasteiger partial charge in [0, 0.05) is 26.4 Å². The van der Waals surface area contributed by atoms with Crippen LogP contribution in [-0.2, 0) is 0 Å².